The summed E-state index contributed by atoms with van der Waals surface area (Å²) < 4.78 is 7.74. The minimum Gasteiger partial charge on any atom is -0.374 e. The second kappa shape index (κ2) is 8.41. The molecule has 0 spiro atoms. The molecule has 0 fully saturated rings. The molecule has 3 N–H and O–H groups in total. The van der Waals surface area contributed by atoms with Crippen LogP contribution in [0.4, 0.5) is 5.69 Å². The van der Waals surface area contributed by atoms with E-state index in [9.17, 15) is 4.79 Å². The van der Waals surface area contributed by atoms with Crippen molar-refractivity contribution in [3.63, 3.8) is 0 Å². The predicted molar refractivity (Wildman–Crippen MR) is 110 cm³/mol. The van der Waals surface area contributed by atoms with Gasteiger partial charge in [0, 0.05) is 23.7 Å². The molecule has 3 heterocycles. The maximum absolute atomic E-state index is 12.6. The van der Waals surface area contributed by atoms with Crippen molar-refractivity contribution in [3.8, 4) is 11.3 Å². The number of ether oxygens (including phenoxy) is 1. The van der Waals surface area contributed by atoms with Gasteiger partial charge in [-0.2, -0.15) is 5.10 Å². The van der Waals surface area contributed by atoms with E-state index >= 15 is 0 Å². The minimum atomic E-state index is -0.215. The summed E-state index contributed by atoms with van der Waals surface area (Å²) in [7, 11) is 0. The monoisotopic (exact) mass is 385 g/mol. The summed E-state index contributed by atoms with van der Waals surface area (Å²) in [5.41, 5.74) is 9.51. The number of carbonyl (C=O) groups excluding carboxylic acids is 1. The molecular weight excluding hydrogens is 354 g/mol. The van der Waals surface area contributed by atoms with Crippen molar-refractivity contribution in [3.05, 3.63) is 30.2 Å². The summed E-state index contributed by atoms with van der Waals surface area (Å²) in [6.07, 6.45) is 5.97. The van der Waals surface area contributed by atoms with Gasteiger partial charge in [-0.25, -0.2) is 0 Å². The van der Waals surface area contributed by atoms with Crippen molar-refractivity contribution >= 4 is 11.6 Å². The lowest BCUT2D eigenvalue weighted by Crippen LogP contribution is -2.23. The molecule has 7 heteroatoms. The number of nitrogens with zero attached hydrogens (tertiary/aromatic N) is 3. The lowest BCUT2D eigenvalue weighted by molar-refractivity contribution is -0.119. The van der Waals surface area contributed by atoms with Gasteiger partial charge in [0.25, 0.3) is 0 Å². The van der Waals surface area contributed by atoms with Gasteiger partial charge >= 0.3 is 0 Å². The highest BCUT2D eigenvalue weighted by atomic mass is 16.5. The zero-order chi connectivity index (χ0) is 20.3. The number of fused-ring (bicyclic) bond motifs is 4. The number of aromatic nitrogens is 3. The molecule has 152 valence electrons. The number of carbonyl (C=O) groups is 1. The first-order chi connectivity index (χ1) is 13.2. The fourth-order valence-corrected chi connectivity index (χ4v) is 3.37. The van der Waals surface area contributed by atoms with Crippen LogP contribution >= 0.6 is 0 Å². The second-order valence-electron chi connectivity index (χ2n) is 8.49. The summed E-state index contributed by atoms with van der Waals surface area (Å²) in [6.45, 7) is 9.14. The van der Waals surface area contributed by atoms with E-state index in [0.29, 0.717) is 18.8 Å². The largest absolute Gasteiger partial charge is 0.374 e. The van der Waals surface area contributed by atoms with Gasteiger partial charge in [0.1, 0.15) is 0 Å². The number of nitrogens with one attached hydrogen (secondary N) is 1. The van der Waals surface area contributed by atoms with Crippen LogP contribution in [0.1, 0.15) is 58.7 Å². The van der Waals surface area contributed by atoms with Crippen LogP contribution in [0.2, 0.25) is 0 Å². The summed E-state index contributed by atoms with van der Waals surface area (Å²) in [5, 5.41) is 7.57. The minimum absolute atomic E-state index is 0.00941. The van der Waals surface area contributed by atoms with Gasteiger partial charge in [0.05, 0.1) is 42.0 Å². The Labute approximate surface area is 166 Å². The molecule has 2 aromatic heterocycles. The Morgan fingerprint density at radius 3 is 2.89 bits per heavy atom. The molecule has 2 aromatic rings. The van der Waals surface area contributed by atoms with Crippen LogP contribution in [0.3, 0.4) is 0 Å². The van der Waals surface area contributed by atoms with Crippen molar-refractivity contribution in [2.24, 2.45) is 11.7 Å². The van der Waals surface area contributed by atoms with Crippen molar-refractivity contribution in [1.82, 2.24) is 14.8 Å². The first-order valence-electron chi connectivity index (χ1n) is 9.97. The summed E-state index contributed by atoms with van der Waals surface area (Å²) in [5.74, 6) is -0.0754. The van der Waals surface area contributed by atoms with Crippen molar-refractivity contribution < 1.29 is 9.53 Å². The normalized spacial score (nSPS) is 20.7. The van der Waals surface area contributed by atoms with Crippen LogP contribution in [0.25, 0.3) is 11.3 Å². The molecule has 0 radical (unpaired) electrons. The Bertz CT molecular complexity index is 824. The van der Waals surface area contributed by atoms with Gasteiger partial charge in [-0.1, -0.05) is 13.3 Å². The lowest BCUT2D eigenvalue weighted by atomic mass is 9.97. The van der Waals surface area contributed by atoms with Gasteiger partial charge in [-0.15, -0.1) is 0 Å². The van der Waals surface area contributed by atoms with Crippen molar-refractivity contribution in [2.45, 2.75) is 65.1 Å². The van der Waals surface area contributed by atoms with E-state index < -0.39 is 0 Å². The lowest BCUT2D eigenvalue weighted by Gasteiger charge is -2.20. The quantitative estimate of drug-likeness (QED) is 0.843. The fourth-order valence-electron chi connectivity index (χ4n) is 3.37. The molecule has 0 unspecified atom stereocenters. The summed E-state index contributed by atoms with van der Waals surface area (Å²) in [4.78, 5) is 17.1. The Morgan fingerprint density at radius 2 is 2.14 bits per heavy atom. The Hall–Kier alpha value is -2.25. The third kappa shape index (κ3) is 4.97. The molecule has 1 aliphatic heterocycles. The van der Waals surface area contributed by atoms with Crippen LogP contribution in [0.5, 0.6) is 0 Å². The highest BCUT2D eigenvalue weighted by Crippen LogP contribution is 2.31. The number of nitrogens with two attached hydrogens (primary N) is 1. The zero-order valence-electron chi connectivity index (χ0n) is 17.2. The molecule has 2 bridgehead atoms. The molecule has 0 aromatic carbocycles. The average molecular weight is 386 g/mol. The third-order valence-electron chi connectivity index (χ3n) is 4.97. The van der Waals surface area contributed by atoms with Gasteiger partial charge < -0.3 is 15.8 Å². The zero-order valence-corrected chi connectivity index (χ0v) is 17.2. The molecule has 1 aliphatic rings. The van der Waals surface area contributed by atoms with Crippen LogP contribution < -0.4 is 11.1 Å². The number of hydrogen-bond acceptors (Lipinski definition) is 5. The van der Waals surface area contributed by atoms with Gasteiger partial charge in [0.15, 0.2) is 0 Å². The number of amides is 1. The molecule has 0 saturated heterocycles. The highest BCUT2D eigenvalue weighted by Gasteiger charge is 2.22. The van der Waals surface area contributed by atoms with E-state index in [4.69, 9.17) is 10.5 Å². The molecule has 3 rings (SSSR count). The fraction of sp³-hybridized carbons (Fsp3) is 0.571. The topological polar surface area (TPSA) is 95.1 Å². The third-order valence-corrected chi connectivity index (χ3v) is 4.97. The van der Waals surface area contributed by atoms with Crippen LogP contribution in [0, 0.1) is 5.92 Å². The molecule has 7 nitrogen and oxygen atoms in total. The maximum atomic E-state index is 12.6. The van der Waals surface area contributed by atoms with E-state index in [1.165, 1.54) is 0 Å². The van der Waals surface area contributed by atoms with Crippen molar-refractivity contribution in [2.75, 3.05) is 11.9 Å². The number of anilines is 1. The molecule has 0 saturated carbocycles. The second-order valence-corrected chi connectivity index (χ2v) is 8.49. The SMILES string of the molecule is C[C@@H]1CCC[C@H](N)c2cc(ccn2)-c2c(cnn2CCOC(C)(C)C)NC1=O. The van der Waals surface area contributed by atoms with Crippen LogP contribution in [0.15, 0.2) is 24.5 Å². The average Bonchev–Trinajstić information content (AvgIpc) is 3.02. The molecule has 1 amide bonds. The number of rotatable bonds is 3. The van der Waals surface area contributed by atoms with E-state index in [2.05, 4.69) is 15.4 Å². The molecule has 28 heavy (non-hydrogen) atoms. The Morgan fingerprint density at radius 1 is 1.36 bits per heavy atom. The molecule has 2 atom stereocenters. The Balaban J connectivity index is 1.98. The van der Waals surface area contributed by atoms with E-state index in [-0.39, 0.29) is 23.5 Å². The first-order valence-corrected chi connectivity index (χ1v) is 9.97. The van der Waals surface area contributed by atoms with E-state index in [0.717, 1.165) is 36.2 Å². The smallest absolute Gasteiger partial charge is 0.227 e. The molecular formula is C21H31N5O2. The Kier molecular flexibility index (Phi) is 6.15. The maximum Gasteiger partial charge on any atom is 0.227 e. The van der Waals surface area contributed by atoms with Gasteiger partial charge in [-0.05, 0) is 45.7 Å². The van der Waals surface area contributed by atoms with E-state index in [1.807, 2.05) is 44.5 Å². The standard InChI is InChI=1S/C21H31N5O2/c1-14-6-5-7-16(22)17-12-15(8-9-23-17)19-18(25-20(14)27)13-24-26(19)10-11-28-21(2,3)4/h8-9,12-14,16H,5-7,10-11,22H2,1-4H3,(H,25,27)/t14-,16+/m1/s1. The summed E-state index contributed by atoms with van der Waals surface area (Å²) in [6, 6.07) is 3.79. The van der Waals surface area contributed by atoms with Crippen molar-refractivity contribution in [1.29, 1.82) is 0 Å². The van der Waals surface area contributed by atoms with Gasteiger partial charge in [0.2, 0.25) is 5.91 Å². The number of pyridine rings is 1. The van der Waals surface area contributed by atoms with Crippen LogP contribution in [-0.4, -0.2) is 32.9 Å². The highest BCUT2D eigenvalue weighted by molar-refractivity contribution is 5.95. The first kappa shape index (κ1) is 20.5. The van der Waals surface area contributed by atoms with E-state index in [1.54, 1.807) is 12.4 Å². The van der Waals surface area contributed by atoms with Crippen LogP contribution in [-0.2, 0) is 16.1 Å². The number of hydrogen-bond donors (Lipinski definition) is 2. The molecule has 0 aliphatic carbocycles. The van der Waals surface area contributed by atoms with Gasteiger partial charge in [-0.3, -0.25) is 14.5 Å². The summed E-state index contributed by atoms with van der Waals surface area (Å²) >= 11 is 0. The predicted octanol–water partition coefficient (Wildman–Crippen LogP) is 3.52.